The fourth-order valence-corrected chi connectivity index (χ4v) is 2.93. The first kappa shape index (κ1) is 16.8. The maximum atomic E-state index is 13.3. The Morgan fingerprint density at radius 1 is 1.33 bits per heavy atom. The molecule has 0 bridgehead atoms. The first-order valence-electron chi connectivity index (χ1n) is 8.46. The van der Waals surface area contributed by atoms with Crippen molar-refractivity contribution >= 4 is 5.78 Å². The predicted octanol–water partition coefficient (Wildman–Crippen LogP) is 2.82. The van der Waals surface area contributed by atoms with E-state index in [-0.39, 0.29) is 11.8 Å². The Bertz CT molecular complexity index is 721. The van der Waals surface area contributed by atoms with Gasteiger partial charge in [-0.3, -0.25) is 9.48 Å². The van der Waals surface area contributed by atoms with Gasteiger partial charge in [-0.15, -0.1) is 0 Å². The minimum Gasteiger partial charge on any atom is -0.308 e. The number of hydrogen-bond acceptors (Lipinski definition) is 3. The number of nitrogens with zero attached hydrogens (tertiary/aromatic N) is 2. The highest BCUT2D eigenvalue weighted by Gasteiger charge is 2.29. The van der Waals surface area contributed by atoms with Crippen LogP contribution in [-0.4, -0.2) is 34.3 Å². The van der Waals surface area contributed by atoms with Crippen LogP contribution in [0.2, 0.25) is 0 Å². The second-order valence-corrected chi connectivity index (χ2v) is 6.88. The molecule has 1 aromatic carbocycles. The van der Waals surface area contributed by atoms with Gasteiger partial charge in [0.1, 0.15) is 11.9 Å². The lowest BCUT2D eigenvalue weighted by molar-refractivity contribution is 0.0984. The normalized spacial score (nSPS) is 20.2. The number of aryl methyl sites for hydroxylation is 1. The third-order valence-corrected chi connectivity index (χ3v) is 4.63. The van der Waals surface area contributed by atoms with Gasteiger partial charge in [-0.05, 0) is 29.5 Å². The van der Waals surface area contributed by atoms with Crippen molar-refractivity contribution < 1.29 is 9.18 Å². The summed E-state index contributed by atoms with van der Waals surface area (Å²) in [6.45, 7) is 4.59. The molecule has 0 saturated carbocycles. The highest BCUT2D eigenvalue weighted by Crippen LogP contribution is 2.18. The minimum atomic E-state index is -0.744. The Morgan fingerprint density at radius 2 is 2.00 bits per heavy atom. The summed E-state index contributed by atoms with van der Waals surface area (Å²) in [5.74, 6) is 0.366. The zero-order valence-corrected chi connectivity index (χ0v) is 14.4. The Balaban J connectivity index is 1.64. The van der Waals surface area contributed by atoms with Crippen molar-refractivity contribution in [1.29, 1.82) is 0 Å². The summed E-state index contributed by atoms with van der Waals surface area (Å²) in [5, 5.41) is 7.49. The van der Waals surface area contributed by atoms with Crippen molar-refractivity contribution in [2.75, 3.05) is 6.54 Å². The molecule has 2 heterocycles. The lowest BCUT2D eigenvalue weighted by Crippen LogP contribution is -2.55. The lowest BCUT2D eigenvalue weighted by atomic mass is 9.95. The molecule has 1 aliphatic rings. The molecular weight excluding hydrogens is 305 g/mol. The molecule has 1 aromatic heterocycles. The van der Waals surface area contributed by atoms with Gasteiger partial charge < -0.3 is 5.32 Å². The molecule has 24 heavy (non-hydrogen) atoms. The van der Waals surface area contributed by atoms with Gasteiger partial charge in [0.2, 0.25) is 0 Å². The molecule has 0 amide bonds. The van der Waals surface area contributed by atoms with E-state index in [1.54, 1.807) is 11.7 Å². The molecule has 3 rings (SSSR count). The number of carbonyl (C=O) groups excluding carboxylic acids is 1. The summed E-state index contributed by atoms with van der Waals surface area (Å²) >= 11 is 0. The van der Waals surface area contributed by atoms with E-state index in [1.165, 1.54) is 0 Å². The molecule has 1 N–H and O–H groups in total. The molecule has 4 nitrogen and oxygen atoms in total. The number of benzene rings is 1. The summed E-state index contributed by atoms with van der Waals surface area (Å²) in [7, 11) is 1.81. The molecule has 0 radical (unpaired) electrons. The second-order valence-electron chi connectivity index (χ2n) is 6.88. The van der Waals surface area contributed by atoms with E-state index in [0.29, 0.717) is 31.0 Å². The third kappa shape index (κ3) is 3.56. The fourth-order valence-electron chi connectivity index (χ4n) is 2.93. The highest BCUT2D eigenvalue weighted by molar-refractivity contribution is 5.96. The first-order chi connectivity index (χ1) is 11.4. The van der Waals surface area contributed by atoms with Crippen LogP contribution in [0.3, 0.4) is 0 Å². The van der Waals surface area contributed by atoms with Gasteiger partial charge in [0, 0.05) is 26.1 Å². The fraction of sp³-hybridized carbons (Fsp3) is 0.474. The van der Waals surface area contributed by atoms with Gasteiger partial charge in [0.25, 0.3) is 0 Å². The van der Waals surface area contributed by atoms with E-state index in [9.17, 15) is 9.18 Å². The van der Waals surface area contributed by atoms with Crippen molar-refractivity contribution in [2.24, 2.45) is 7.05 Å². The SMILES string of the molecule is CC(C)c1cc(C(=O)Cc2ccc(C[C@@H]3NC[C@@H]3F)cc2)n(C)n1. The van der Waals surface area contributed by atoms with Crippen LogP contribution in [0, 0.1) is 0 Å². The smallest absolute Gasteiger partial charge is 0.185 e. The number of alkyl halides is 1. The molecule has 0 unspecified atom stereocenters. The maximum absolute atomic E-state index is 13.3. The largest absolute Gasteiger partial charge is 0.308 e. The molecule has 0 aliphatic carbocycles. The van der Waals surface area contributed by atoms with Crippen molar-refractivity contribution in [3.05, 3.63) is 52.8 Å². The first-order valence-corrected chi connectivity index (χ1v) is 8.46. The molecule has 0 spiro atoms. The number of carbonyl (C=O) groups is 1. The van der Waals surface area contributed by atoms with Crippen LogP contribution in [0.5, 0.6) is 0 Å². The molecular formula is C19H24FN3O. The number of halogens is 1. The zero-order valence-electron chi connectivity index (χ0n) is 14.4. The van der Waals surface area contributed by atoms with Gasteiger partial charge in [0.05, 0.1) is 5.69 Å². The van der Waals surface area contributed by atoms with Gasteiger partial charge in [-0.2, -0.15) is 5.10 Å². The van der Waals surface area contributed by atoms with Crippen molar-refractivity contribution in [3.8, 4) is 0 Å². The standard InChI is InChI=1S/C19H24FN3O/c1-12(2)16-10-18(23(3)22-16)19(24)9-14-6-4-13(5-7-14)8-17-15(20)11-21-17/h4-7,10,12,15,17,21H,8-9,11H2,1-3H3/t15-,17-/m0/s1. The van der Waals surface area contributed by atoms with E-state index in [4.69, 9.17) is 0 Å². The number of nitrogens with one attached hydrogen (secondary N) is 1. The van der Waals surface area contributed by atoms with Gasteiger partial charge in [-0.1, -0.05) is 38.1 Å². The van der Waals surface area contributed by atoms with Crippen LogP contribution >= 0.6 is 0 Å². The van der Waals surface area contributed by atoms with Crippen LogP contribution in [0.25, 0.3) is 0 Å². The van der Waals surface area contributed by atoms with E-state index in [0.717, 1.165) is 16.8 Å². The topological polar surface area (TPSA) is 46.9 Å². The van der Waals surface area contributed by atoms with Crippen LogP contribution in [0.15, 0.2) is 30.3 Å². The van der Waals surface area contributed by atoms with Crippen LogP contribution < -0.4 is 5.32 Å². The molecule has 1 aliphatic heterocycles. The predicted molar refractivity (Wildman–Crippen MR) is 92.2 cm³/mol. The van der Waals surface area contributed by atoms with E-state index in [1.807, 2.05) is 30.3 Å². The monoisotopic (exact) mass is 329 g/mol. The Morgan fingerprint density at radius 3 is 2.50 bits per heavy atom. The summed E-state index contributed by atoms with van der Waals surface area (Å²) in [4.78, 5) is 12.5. The Hall–Kier alpha value is -2.01. The highest BCUT2D eigenvalue weighted by atomic mass is 19.1. The van der Waals surface area contributed by atoms with Crippen molar-refractivity contribution in [1.82, 2.24) is 15.1 Å². The number of rotatable bonds is 6. The van der Waals surface area contributed by atoms with E-state index in [2.05, 4.69) is 24.3 Å². The summed E-state index contributed by atoms with van der Waals surface area (Å²) in [6.07, 6.45) is 0.297. The third-order valence-electron chi connectivity index (χ3n) is 4.63. The van der Waals surface area contributed by atoms with E-state index >= 15 is 0 Å². The average molecular weight is 329 g/mol. The van der Waals surface area contributed by atoms with Crippen LogP contribution in [-0.2, 0) is 19.9 Å². The number of aromatic nitrogens is 2. The molecule has 128 valence electrons. The number of hydrogen-bond donors (Lipinski definition) is 1. The quantitative estimate of drug-likeness (QED) is 0.829. The van der Waals surface area contributed by atoms with Gasteiger partial charge in [0.15, 0.2) is 5.78 Å². The Kier molecular flexibility index (Phi) is 4.81. The summed E-state index contributed by atoms with van der Waals surface area (Å²) in [6, 6.07) is 9.69. The lowest BCUT2D eigenvalue weighted by Gasteiger charge is -2.32. The average Bonchev–Trinajstić information content (AvgIpc) is 2.95. The van der Waals surface area contributed by atoms with E-state index < -0.39 is 6.17 Å². The number of ketones is 1. The number of Topliss-reactive ketones (excluding diaryl/α,β-unsaturated/α-hetero) is 1. The summed E-state index contributed by atoms with van der Waals surface area (Å²) in [5.41, 5.74) is 3.63. The Labute approximate surface area is 142 Å². The van der Waals surface area contributed by atoms with Gasteiger partial charge >= 0.3 is 0 Å². The van der Waals surface area contributed by atoms with Gasteiger partial charge in [-0.25, -0.2) is 4.39 Å². The molecule has 2 aromatic rings. The minimum absolute atomic E-state index is 0.0640. The van der Waals surface area contributed by atoms with Crippen molar-refractivity contribution in [2.45, 2.75) is 44.8 Å². The van der Waals surface area contributed by atoms with Crippen molar-refractivity contribution in [3.63, 3.8) is 0 Å². The molecule has 1 saturated heterocycles. The van der Waals surface area contributed by atoms with Crippen LogP contribution in [0.1, 0.15) is 47.1 Å². The maximum Gasteiger partial charge on any atom is 0.185 e. The van der Waals surface area contributed by atoms with Crippen LogP contribution in [0.4, 0.5) is 4.39 Å². The summed E-state index contributed by atoms with van der Waals surface area (Å²) < 4.78 is 14.9. The zero-order chi connectivity index (χ0) is 17.3. The second kappa shape index (κ2) is 6.85. The molecule has 1 fully saturated rings. The molecule has 2 atom stereocenters. The molecule has 5 heteroatoms.